The third-order valence-electron chi connectivity index (χ3n) is 3.09. The van der Waals surface area contributed by atoms with E-state index in [-0.39, 0.29) is 19.1 Å². The van der Waals surface area contributed by atoms with Gasteiger partial charge in [0.2, 0.25) is 0 Å². The van der Waals surface area contributed by atoms with Crippen LogP contribution < -0.4 is 10.1 Å². The van der Waals surface area contributed by atoms with Gasteiger partial charge in [-0.2, -0.15) is 0 Å². The Morgan fingerprint density at radius 1 is 1.26 bits per heavy atom. The van der Waals surface area contributed by atoms with Crippen molar-refractivity contribution in [1.29, 1.82) is 0 Å². The van der Waals surface area contributed by atoms with Crippen LogP contribution in [0.4, 0.5) is 0 Å². The highest BCUT2D eigenvalue weighted by molar-refractivity contribution is 6.35. The zero-order valence-electron chi connectivity index (χ0n) is 12.6. The van der Waals surface area contributed by atoms with E-state index in [1.54, 1.807) is 49.4 Å². The molecule has 4 nitrogen and oxygen atoms in total. The maximum Gasteiger partial charge on any atom is 0.255 e. The lowest BCUT2D eigenvalue weighted by Crippen LogP contribution is -2.30. The number of ether oxygens (including phenoxy) is 1. The Bertz CT molecular complexity index is 689. The van der Waals surface area contributed by atoms with Crippen LogP contribution in [0.15, 0.2) is 42.5 Å². The summed E-state index contributed by atoms with van der Waals surface area (Å²) in [7, 11) is 0. The van der Waals surface area contributed by atoms with Gasteiger partial charge in [0.05, 0.1) is 11.7 Å². The van der Waals surface area contributed by atoms with Crippen LogP contribution in [0.1, 0.15) is 22.8 Å². The summed E-state index contributed by atoms with van der Waals surface area (Å²) in [6.07, 6.45) is -0.611. The Kier molecular flexibility index (Phi) is 6.28. The van der Waals surface area contributed by atoms with E-state index >= 15 is 0 Å². The first-order chi connectivity index (χ1) is 11.0. The quantitative estimate of drug-likeness (QED) is 0.832. The summed E-state index contributed by atoms with van der Waals surface area (Å²) < 4.78 is 5.72. The molecular formula is C17H17Cl2NO3. The van der Waals surface area contributed by atoms with Crippen LogP contribution in [0.25, 0.3) is 0 Å². The molecule has 0 bridgehead atoms. The number of hydrogen-bond donors (Lipinski definition) is 2. The van der Waals surface area contributed by atoms with E-state index in [9.17, 15) is 9.90 Å². The molecule has 0 radical (unpaired) electrons. The largest absolute Gasteiger partial charge is 0.488 e. The number of benzene rings is 2. The van der Waals surface area contributed by atoms with E-state index in [1.165, 1.54) is 0 Å². The van der Waals surface area contributed by atoms with Gasteiger partial charge in [-0.25, -0.2) is 0 Å². The van der Waals surface area contributed by atoms with Gasteiger partial charge in [-0.15, -0.1) is 0 Å². The van der Waals surface area contributed by atoms with Gasteiger partial charge in [-0.3, -0.25) is 4.79 Å². The number of carbonyl (C=O) groups is 1. The lowest BCUT2D eigenvalue weighted by Gasteiger charge is -2.13. The van der Waals surface area contributed by atoms with E-state index in [1.807, 2.05) is 0 Å². The van der Waals surface area contributed by atoms with E-state index in [0.29, 0.717) is 21.4 Å². The molecule has 2 aromatic rings. The van der Waals surface area contributed by atoms with Gasteiger partial charge < -0.3 is 15.2 Å². The first kappa shape index (κ1) is 17.6. The summed E-state index contributed by atoms with van der Waals surface area (Å²) >= 11 is 12.0. The van der Waals surface area contributed by atoms with Gasteiger partial charge in [-0.05, 0) is 31.2 Å². The van der Waals surface area contributed by atoms with Crippen molar-refractivity contribution < 1.29 is 14.6 Å². The predicted molar refractivity (Wildman–Crippen MR) is 91.3 cm³/mol. The molecule has 1 amide bonds. The highest BCUT2D eigenvalue weighted by Crippen LogP contribution is 2.24. The summed E-state index contributed by atoms with van der Waals surface area (Å²) in [6, 6.07) is 12.1. The first-order valence-corrected chi connectivity index (χ1v) is 7.85. The summed E-state index contributed by atoms with van der Waals surface area (Å²) in [4.78, 5) is 12.1. The summed E-state index contributed by atoms with van der Waals surface area (Å²) in [5.41, 5.74) is 1.17. The third kappa shape index (κ3) is 5.13. The number of halogens is 2. The number of carbonyl (C=O) groups excluding carboxylic acids is 1. The van der Waals surface area contributed by atoms with Crippen LogP contribution in [-0.4, -0.2) is 23.7 Å². The van der Waals surface area contributed by atoms with E-state index in [2.05, 4.69) is 5.32 Å². The molecule has 0 spiro atoms. The molecule has 23 heavy (non-hydrogen) atoms. The van der Waals surface area contributed by atoms with Crippen molar-refractivity contribution in [3.8, 4) is 5.75 Å². The van der Waals surface area contributed by atoms with Crippen molar-refractivity contribution in [2.45, 2.75) is 19.6 Å². The van der Waals surface area contributed by atoms with Gasteiger partial charge in [-0.1, -0.05) is 41.4 Å². The molecule has 0 heterocycles. The predicted octanol–water partition coefficient (Wildman–Crippen LogP) is 3.68. The van der Waals surface area contributed by atoms with Gasteiger partial charge >= 0.3 is 0 Å². The molecule has 2 N–H and O–H groups in total. The minimum atomic E-state index is -0.611. The molecule has 2 rings (SSSR count). The number of nitrogens with one attached hydrogen (secondary N) is 1. The van der Waals surface area contributed by atoms with Crippen molar-refractivity contribution in [2.75, 3.05) is 6.54 Å². The minimum Gasteiger partial charge on any atom is -0.488 e. The Morgan fingerprint density at radius 3 is 2.70 bits per heavy atom. The van der Waals surface area contributed by atoms with E-state index in [4.69, 9.17) is 27.9 Å². The molecule has 0 aliphatic rings. The topological polar surface area (TPSA) is 58.6 Å². The fraction of sp³-hybridized carbons (Fsp3) is 0.235. The van der Waals surface area contributed by atoms with Crippen molar-refractivity contribution in [2.24, 2.45) is 0 Å². The van der Waals surface area contributed by atoms with Crippen LogP contribution in [0.3, 0.4) is 0 Å². The van der Waals surface area contributed by atoms with Crippen molar-refractivity contribution in [3.05, 3.63) is 63.6 Å². The Morgan fingerprint density at radius 2 is 2.00 bits per heavy atom. The smallest absolute Gasteiger partial charge is 0.255 e. The normalized spacial score (nSPS) is 11.8. The summed E-state index contributed by atoms with van der Waals surface area (Å²) in [5.74, 6) is 0.144. The molecule has 2 aromatic carbocycles. The minimum absolute atomic E-state index is 0.177. The number of hydrogen-bond acceptors (Lipinski definition) is 3. The molecule has 0 fully saturated rings. The number of amides is 1. The van der Waals surface area contributed by atoms with E-state index in [0.717, 1.165) is 5.56 Å². The summed E-state index contributed by atoms with van der Waals surface area (Å²) in [5, 5.41) is 13.0. The fourth-order valence-electron chi connectivity index (χ4n) is 1.91. The zero-order chi connectivity index (χ0) is 16.8. The first-order valence-electron chi connectivity index (χ1n) is 7.09. The van der Waals surface area contributed by atoms with Gasteiger partial charge in [0.25, 0.3) is 5.91 Å². The average Bonchev–Trinajstić information content (AvgIpc) is 2.52. The Labute approximate surface area is 145 Å². The van der Waals surface area contributed by atoms with Crippen LogP contribution in [-0.2, 0) is 6.61 Å². The third-order valence-corrected chi connectivity index (χ3v) is 3.67. The molecule has 1 atom stereocenters. The second-order valence-electron chi connectivity index (χ2n) is 5.08. The van der Waals surface area contributed by atoms with Gasteiger partial charge in [0, 0.05) is 22.2 Å². The molecule has 0 aliphatic carbocycles. The molecule has 0 aliphatic heterocycles. The monoisotopic (exact) mass is 353 g/mol. The molecule has 6 heteroatoms. The number of rotatable bonds is 6. The second kappa shape index (κ2) is 8.20. The molecule has 122 valence electrons. The molecule has 1 unspecified atom stereocenters. The number of aliphatic hydroxyl groups is 1. The number of para-hydroxylation sites is 1. The van der Waals surface area contributed by atoms with Crippen LogP contribution in [0, 0.1) is 0 Å². The maximum absolute atomic E-state index is 12.1. The fourth-order valence-corrected chi connectivity index (χ4v) is 2.37. The standard InChI is InChI=1S/C17H17Cl2NO3/c1-11(21)9-20-17(22)14-4-2-3-5-16(14)23-10-12-6-7-13(18)8-15(12)19/h2-8,11,21H,9-10H2,1H3,(H,20,22). The van der Waals surface area contributed by atoms with Crippen molar-refractivity contribution >= 4 is 29.1 Å². The van der Waals surface area contributed by atoms with Crippen LogP contribution >= 0.6 is 23.2 Å². The van der Waals surface area contributed by atoms with Crippen LogP contribution in [0.5, 0.6) is 5.75 Å². The molecular weight excluding hydrogens is 337 g/mol. The lowest BCUT2D eigenvalue weighted by atomic mass is 10.2. The molecule has 0 saturated heterocycles. The molecule has 0 aromatic heterocycles. The SMILES string of the molecule is CC(O)CNC(=O)c1ccccc1OCc1ccc(Cl)cc1Cl. The van der Waals surface area contributed by atoms with Crippen molar-refractivity contribution in [1.82, 2.24) is 5.32 Å². The Balaban J connectivity index is 2.09. The molecule has 0 saturated carbocycles. The highest BCUT2D eigenvalue weighted by atomic mass is 35.5. The van der Waals surface area contributed by atoms with Crippen LogP contribution in [0.2, 0.25) is 10.0 Å². The average molecular weight is 354 g/mol. The number of aliphatic hydroxyl groups excluding tert-OH is 1. The van der Waals surface area contributed by atoms with E-state index < -0.39 is 6.10 Å². The highest BCUT2D eigenvalue weighted by Gasteiger charge is 2.13. The second-order valence-corrected chi connectivity index (χ2v) is 5.92. The Hall–Kier alpha value is -1.75. The lowest BCUT2D eigenvalue weighted by molar-refractivity contribution is 0.0919. The van der Waals surface area contributed by atoms with Crippen molar-refractivity contribution in [3.63, 3.8) is 0 Å². The summed E-state index contributed by atoms with van der Waals surface area (Å²) in [6.45, 7) is 2.00. The van der Waals surface area contributed by atoms with Gasteiger partial charge in [0.15, 0.2) is 0 Å². The van der Waals surface area contributed by atoms with Gasteiger partial charge in [0.1, 0.15) is 12.4 Å². The maximum atomic E-state index is 12.1. The zero-order valence-corrected chi connectivity index (χ0v) is 14.1.